The number of carboxylic acids is 10. The number of carbonyl (C=O) groups is 10. The Labute approximate surface area is 800 Å². The number of nitrogens with zero attached hydrogens (tertiary/aromatic N) is 12. The quantitative estimate of drug-likeness (QED) is 0.0586. The van der Waals surface area contributed by atoms with Crippen molar-refractivity contribution in [3.8, 4) is 11.6 Å². The fourth-order valence-corrected chi connectivity index (χ4v) is 3.62. The molecule has 0 saturated carbocycles. The topological polar surface area (TPSA) is 597 Å². The summed E-state index contributed by atoms with van der Waals surface area (Å²) in [5.74, 6) is -9.52. The van der Waals surface area contributed by atoms with Crippen molar-refractivity contribution >= 4 is 145 Å². The van der Waals surface area contributed by atoms with Crippen LogP contribution in [0.1, 0.15) is 109 Å². The van der Waals surface area contributed by atoms with Gasteiger partial charge in [-0.1, -0.05) is 87.0 Å². The van der Waals surface area contributed by atoms with E-state index in [0.717, 1.165) is 69.2 Å². The van der Waals surface area contributed by atoms with Crippen LogP contribution in [-0.4, -0.2) is 130 Å². The molecule has 122 heavy (non-hydrogen) atoms. The molecule has 0 aliphatic heterocycles. The molecule has 8 aromatic rings. The third-order valence-corrected chi connectivity index (χ3v) is 6.34. The Kier molecular flexibility index (Phi) is 148. The van der Waals surface area contributed by atoms with Crippen LogP contribution in [0.15, 0.2) is 184 Å². The van der Waals surface area contributed by atoms with Crippen molar-refractivity contribution in [1.82, 2.24) is 59.9 Å². The Morgan fingerprint density at radius 1 is 0.303 bits per heavy atom. The minimum atomic E-state index is -10.7. The van der Waals surface area contributed by atoms with Crippen molar-refractivity contribution < 1.29 is 277 Å². The van der Waals surface area contributed by atoms with Crippen molar-refractivity contribution in [3.05, 3.63) is 194 Å². The van der Waals surface area contributed by atoms with Crippen LogP contribution in [-0.2, 0) is 176 Å². The fraction of sp³-hybridized carbons (Fsp3) is 0.290. The van der Waals surface area contributed by atoms with Crippen LogP contribution in [0.2, 0.25) is 10.3 Å². The van der Waals surface area contributed by atoms with Crippen LogP contribution >= 0.6 is 85.2 Å². The zero-order chi connectivity index (χ0) is 92.6. The molecule has 8 aromatic heterocycles. The van der Waals surface area contributed by atoms with Gasteiger partial charge in [0.2, 0.25) is 0 Å². The van der Waals surface area contributed by atoms with Gasteiger partial charge in [0, 0.05) is 134 Å². The van der Waals surface area contributed by atoms with Crippen molar-refractivity contribution in [3.63, 3.8) is 0 Å². The number of carbonyl (C=O) groups excluding carboxylic acids is 10. The number of alkyl halides is 4. The van der Waals surface area contributed by atoms with E-state index < -0.39 is 75.3 Å². The van der Waals surface area contributed by atoms with Crippen molar-refractivity contribution in [2.24, 2.45) is 0 Å². The normalized spacial score (nSPS) is 9.00. The zero-order valence-corrected chi connectivity index (χ0v) is 81.5. The molecule has 0 aliphatic carbocycles. The molecule has 702 valence electrons. The van der Waals surface area contributed by atoms with Gasteiger partial charge in [-0.3, -0.25) is 19.9 Å². The fourth-order valence-electron chi connectivity index (χ4n) is 3.42. The van der Waals surface area contributed by atoms with E-state index in [0.29, 0.717) is 21.9 Å². The van der Waals surface area contributed by atoms with Crippen LogP contribution in [0.4, 0.5) is 50.4 Å². The Morgan fingerprint density at radius 2 is 0.443 bits per heavy atom. The first-order valence-corrected chi connectivity index (χ1v) is 36.2. The molecule has 0 fully saturated rings. The molecule has 0 N–H and O–H groups in total. The number of pyridine rings is 4. The van der Waals surface area contributed by atoms with Gasteiger partial charge >= 0.3 is 183 Å². The van der Waals surface area contributed by atoms with E-state index in [4.69, 9.17) is 169 Å². The molecule has 0 bridgehead atoms. The van der Waals surface area contributed by atoms with Crippen LogP contribution in [0.3, 0.4) is 0 Å². The van der Waals surface area contributed by atoms with E-state index in [1.165, 1.54) is 25.7 Å². The molecule has 0 spiro atoms. The standard InChI is InChI=1S/2C7H5ClN4.C6H14.4C5H5N.10C2H4O2.2CH2Cl2.2F6P.2O.6Ru/c2*8-6-2-3-7(11-10-6)12-5-1-4-9-12;1-3-5-6-4-2;4*1-2-4-6-5-3-1;10*1-2(3)4;2*2-1-3;2*1-7(2,3,4,5)6;;;;;;;;/h2*1-5H;3-6H2,1-2H3;4*1-5H;10*1H3,(H,3,4);2*1H2;;;;;;;;;;/q;;;;;;;;;;;;;;;;;;;2*-1;2*-2;2*+2;4*+3/p-10. The summed E-state index contributed by atoms with van der Waals surface area (Å²) in [7, 11) is -21.3. The summed E-state index contributed by atoms with van der Waals surface area (Å²) in [4.78, 5) is 104. The first kappa shape index (κ1) is 169. The van der Waals surface area contributed by atoms with Gasteiger partial charge in [-0.05, 0) is 154 Å². The van der Waals surface area contributed by atoms with Crippen LogP contribution in [0.25, 0.3) is 11.6 Å². The molecule has 8 rings (SSSR count). The van der Waals surface area contributed by atoms with Crippen molar-refractivity contribution in [2.45, 2.75) is 109 Å². The summed E-state index contributed by atoms with van der Waals surface area (Å²) in [6.07, 6.45) is 26.5. The smallest absolute Gasteiger partial charge is 2.00 e. The number of rotatable bonds is 5. The molecule has 0 amide bonds. The number of unbranched alkanes of at least 4 members (excludes halogenated alkanes) is 3. The molecule has 0 unspecified atom stereocenters. The minimum absolute atomic E-state index is 0. The number of aliphatic carboxylic acids is 10. The minimum Gasteiger partial charge on any atom is -2.00 e. The van der Waals surface area contributed by atoms with Crippen LogP contribution in [0, 0.1) is 0 Å². The Hall–Kier alpha value is -6.70. The van der Waals surface area contributed by atoms with Gasteiger partial charge < -0.3 is 110 Å². The summed E-state index contributed by atoms with van der Waals surface area (Å²) >= 11 is 30.2. The summed E-state index contributed by atoms with van der Waals surface area (Å²) in [5, 5.41) is 113. The Bertz CT molecular complexity index is 2990. The van der Waals surface area contributed by atoms with Gasteiger partial charge in [-0.15, -0.1) is 66.8 Å². The van der Waals surface area contributed by atoms with Crippen LogP contribution in [0.5, 0.6) is 0 Å². The molecule has 0 aliphatic rings. The summed E-state index contributed by atoms with van der Waals surface area (Å²) in [5.41, 5.74) is 0. The van der Waals surface area contributed by atoms with E-state index in [2.05, 4.69) is 64.4 Å². The number of hydrogen-bond donors (Lipinski definition) is 0. The molecule has 0 aromatic carbocycles. The molecule has 4 radical (unpaired) electrons. The van der Waals surface area contributed by atoms with E-state index in [-0.39, 0.29) is 138 Å². The average Bonchev–Trinajstić information content (AvgIpc) is 0.882. The summed E-state index contributed by atoms with van der Waals surface area (Å²) in [6, 6.07) is 33.3. The second-order valence-electron chi connectivity index (χ2n) is 17.2. The predicted molar refractivity (Wildman–Crippen MR) is 384 cm³/mol. The molecular weight excluding hydrogens is 2370 g/mol. The summed E-state index contributed by atoms with van der Waals surface area (Å²) < 4.78 is 122. The maximum absolute atomic E-state index is 10.7. The van der Waals surface area contributed by atoms with E-state index >= 15 is 0 Å². The van der Waals surface area contributed by atoms with Crippen molar-refractivity contribution in [2.75, 3.05) is 10.7 Å². The van der Waals surface area contributed by atoms with Gasteiger partial charge in [0.1, 0.15) is 0 Å². The number of halogens is 18. The van der Waals surface area contributed by atoms with Gasteiger partial charge in [0.15, 0.2) is 21.9 Å². The molecule has 34 nitrogen and oxygen atoms in total. The SMILES string of the molecule is CC(=O)[O-].CC(=O)[O-].CC(=O)[O-].CC(=O)[O-].CC(=O)[O-].CC(=O)[O-].CC(=O)[O-].CC(=O)[O-].CC(=O)[O-].CC(=O)[O-].CCCCCC.ClCCl.ClCCl.Clc1ccc(-n2cccn2)nn1.Clc1ccc(-n2cccn2)nn1.F[P-](F)(F)(F)(F)F.F[P-](F)(F)(F)(F)F.[O-2].[O-2].[Ru+2].[Ru+2].[Ru+3].[Ru+3].[Ru+3].[Ru+3].c1ccncc1.c1ccncc1.c1ccncc1.c1ccncc1. The van der Waals surface area contributed by atoms with E-state index in [1.54, 1.807) is 108 Å². The maximum Gasteiger partial charge on any atom is 3.00 e. The molecular formula is C62H78Cl6F12N12O22P2Ru6. The maximum atomic E-state index is 9.87. The first-order valence-electron chi connectivity index (χ1n) is 29.2. The zero-order valence-electron chi connectivity index (χ0n) is 64.7. The second kappa shape index (κ2) is 107. The molecule has 0 atom stereocenters. The number of carboxylic acid groups (broad SMARTS) is 10. The van der Waals surface area contributed by atoms with Gasteiger partial charge in [-0.2, -0.15) is 10.2 Å². The van der Waals surface area contributed by atoms with Crippen molar-refractivity contribution in [1.29, 1.82) is 0 Å². The average molecular weight is 2450 g/mol. The Morgan fingerprint density at radius 3 is 0.516 bits per heavy atom. The van der Waals surface area contributed by atoms with Gasteiger partial charge in [-0.25, -0.2) is 9.36 Å². The second-order valence-corrected chi connectivity index (χ2v) is 23.4. The van der Waals surface area contributed by atoms with E-state index in [1.807, 2.05) is 84.9 Å². The molecule has 8 heterocycles. The Balaban J connectivity index is -0.0000000467. The molecule has 0 saturated heterocycles. The summed E-state index contributed by atoms with van der Waals surface area (Å²) in [6.45, 7) is 14.2. The monoisotopic (exact) mass is 2450 g/mol. The molecule has 60 heteroatoms. The first-order chi connectivity index (χ1) is 51.7. The third kappa shape index (κ3) is 368. The van der Waals surface area contributed by atoms with Crippen LogP contribution < -0.4 is 51.1 Å². The predicted octanol–water partition coefficient (Wildman–Crippen LogP) is 6.46. The third-order valence-electron chi connectivity index (χ3n) is 5.94. The van der Waals surface area contributed by atoms with E-state index in [9.17, 15) is 50.4 Å². The number of hydrogen-bond acceptors (Lipinski definition) is 30. The van der Waals surface area contributed by atoms with Gasteiger partial charge in [0.25, 0.3) is 0 Å². The largest absolute Gasteiger partial charge is 3.00 e. The number of aromatic nitrogens is 12. The van der Waals surface area contributed by atoms with Gasteiger partial charge in [0.05, 0.1) is 10.7 Å².